The Hall–Kier alpha value is -1.24. The standard InChI is InChI=1S/C12H14IN3O/c1-7-12(8(2)16(3)15-7)17-11-5-4-9(13)6-10(11)14/h4-6H,14H2,1-3H3. The van der Waals surface area contributed by atoms with Crippen molar-refractivity contribution >= 4 is 28.3 Å². The van der Waals surface area contributed by atoms with Crippen molar-refractivity contribution < 1.29 is 4.74 Å². The number of nitrogens with two attached hydrogens (primary N) is 1. The van der Waals surface area contributed by atoms with Crippen molar-refractivity contribution in [1.29, 1.82) is 0 Å². The van der Waals surface area contributed by atoms with E-state index in [0.717, 1.165) is 20.7 Å². The van der Waals surface area contributed by atoms with Crippen LogP contribution in [0.5, 0.6) is 11.5 Å². The third kappa shape index (κ3) is 2.38. The monoisotopic (exact) mass is 343 g/mol. The van der Waals surface area contributed by atoms with Gasteiger partial charge >= 0.3 is 0 Å². The molecule has 0 fully saturated rings. The lowest BCUT2D eigenvalue weighted by Gasteiger charge is -2.08. The van der Waals surface area contributed by atoms with Crippen LogP contribution in [0.4, 0.5) is 5.69 Å². The Labute approximate surface area is 114 Å². The van der Waals surface area contributed by atoms with Crippen LogP contribution in [0, 0.1) is 17.4 Å². The van der Waals surface area contributed by atoms with Crippen molar-refractivity contribution in [2.24, 2.45) is 7.05 Å². The second-order valence-corrected chi connectivity index (χ2v) is 5.15. The second-order valence-electron chi connectivity index (χ2n) is 3.91. The number of aromatic nitrogens is 2. The summed E-state index contributed by atoms with van der Waals surface area (Å²) in [7, 11) is 1.90. The molecule has 1 heterocycles. The average Bonchev–Trinajstić information content (AvgIpc) is 2.48. The Morgan fingerprint density at radius 3 is 2.59 bits per heavy atom. The minimum atomic E-state index is 0.638. The number of hydrogen-bond donors (Lipinski definition) is 1. The number of nitrogens with zero attached hydrogens (tertiary/aromatic N) is 2. The molecule has 0 atom stereocenters. The fourth-order valence-electron chi connectivity index (χ4n) is 1.62. The largest absolute Gasteiger partial charge is 0.451 e. The highest BCUT2D eigenvalue weighted by Gasteiger charge is 2.12. The Morgan fingerprint density at radius 2 is 2.06 bits per heavy atom. The molecule has 2 rings (SSSR count). The molecule has 0 aliphatic rings. The van der Waals surface area contributed by atoms with Gasteiger partial charge in [-0.05, 0) is 54.6 Å². The fourth-order valence-corrected chi connectivity index (χ4v) is 2.14. The molecule has 4 nitrogen and oxygen atoms in total. The summed E-state index contributed by atoms with van der Waals surface area (Å²) in [5.41, 5.74) is 8.41. The SMILES string of the molecule is Cc1nn(C)c(C)c1Oc1ccc(I)cc1N. The Morgan fingerprint density at radius 1 is 1.35 bits per heavy atom. The van der Waals surface area contributed by atoms with Crippen LogP contribution in [-0.4, -0.2) is 9.78 Å². The summed E-state index contributed by atoms with van der Waals surface area (Å²) in [6.45, 7) is 3.89. The molecule has 0 radical (unpaired) electrons. The molecule has 0 aliphatic heterocycles. The molecule has 0 aliphatic carbocycles. The first-order valence-electron chi connectivity index (χ1n) is 5.22. The summed E-state index contributed by atoms with van der Waals surface area (Å²) in [6.07, 6.45) is 0. The molecule has 2 N–H and O–H groups in total. The smallest absolute Gasteiger partial charge is 0.171 e. The van der Waals surface area contributed by atoms with E-state index in [9.17, 15) is 0 Å². The first-order chi connectivity index (χ1) is 7.99. The van der Waals surface area contributed by atoms with Gasteiger partial charge in [0.05, 0.1) is 11.4 Å². The van der Waals surface area contributed by atoms with Gasteiger partial charge in [0, 0.05) is 10.6 Å². The van der Waals surface area contributed by atoms with Gasteiger partial charge in [-0.2, -0.15) is 5.10 Å². The van der Waals surface area contributed by atoms with Gasteiger partial charge in [0.15, 0.2) is 11.5 Å². The molecule has 0 saturated carbocycles. The molecular weight excluding hydrogens is 329 g/mol. The van der Waals surface area contributed by atoms with Gasteiger partial charge in [-0.25, -0.2) is 0 Å². The minimum Gasteiger partial charge on any atom is -0.451 e. The van der Waals surface area contributed by atoms with Gasteiger partial charge in [-0.15, -0.1) is 0 Å². The van der Waals surface area contributed by atoms with Gasteiger partial charge in [0.1, 0.15) is 5.69 Å². The summed E-state index contributed by atoms with van der Waals surface area (Å²) < 4.78 is 8.72. The Bertz CT molecular complexity index is 563. The summed E-state index contributed by atoms with van der Waals surface area (Å²) in [6, 6.07) is 5.73. The number of ether oxygens (including phenoxy) is 1. The first-order valence-corrected chi connectivity index (χ1v) is 6.30. The maximum Gasteiger partial charge on any atom is 0.171 e. The Balaban J connectivity index is 2.38. The number of rotatable bonds is 2. The van der Waals surface area contributed by atoms with Crippen molar-refractivity contribution in [2.45, 2.75) is 13.8 Å². The zero-order valence-electron chi connectivity index (χ0n) is 9.99. The molecular formula is C12H14IN3O. The highest BCUT2D eigenvalue weighted by atomic mass is 127. The van der Waals surface area contributed by atoms with Crippen molar-refractivity contribution in [3.63, 3.8) is 0 Å². The van der Waals surface area contributed by atoms with Crippen LogP contribution in [0.2, 0.25) is 0 Å². The molecule has 5 heteroatoms. The Kier molecular flexibility index (Phi) is 3.28. The normalized spacial score (nSPS) is 10.6. The summed E-state index contributed by atoms with van der Waals surface area (Å²) in [5.74, 6) is 1.45. The van der Waals surface area contributed by atoms with E-state index in [1.165, 1.54) is 0 Å². The predicted molar refractivity (Wildman–Crippen MR) is 76.3 cm³/mol. The van der Waals surface area contributed by atoms with Crippen molar-refractivity contribution in [3.05, 3.63) is 33.2 Å². The predicted octanol–water partition coefficient (Wildman–Crippen LogP) is 3.02. The fraction of sp³-hybridized carbons (Fsp3) is 0.250. The van der Waals surface area contributed by atoms with Gasteiger partial charge in [0.2, 0.25) is 0 Å². The van der Waals surface area contributed by atoms with E-state index in [4.69, 9.17) is 10.5 Å². The molecule has 0 bridgehead atoms. The minimum absolute atomic E-state index is 0.638. The van der Waals surface area contributed by atoms with E-state index in [-0.39, 0.29) is 0 Å². The lowest BCUT2D eigenvalue weighted by Crippen LogP contribution is -1.95. The van der Waals surface area contributed by atoms with Crippen molar-refractivity contribution in [3.8, 4) is 11.5 Å². The third-order valence-electron chi connectivity index (χ3n) is 2.63. The van der Waals surface area contributed by atoms with E-state index < -0.39 is 0 Å². The zero-order chi connectivity index (χ0) is 12.6. The zero-order valence-corrected chi connectivity index (χ0v) is 12.1. The maximum atomic E-state index is 5.92. The van der Waals surface area contributed by atoms with Gasteiger partial charge < -0.3 is 10.5 Å². The van der Waals surface area contributed by atoms with E-state index in [1.54, 1.807) is 4.68 Å². The van der Waals surface area contributed by atoms with Crippen LogP contribution in [0.1, 0.15) is 11.4 Å². The summed E-state index contributed by atoms with van der Waals surface area (Å²) in [4.78, 5) is 0. The lowest BCUT2D eigenvalue weighted by molar-refractivity contribution is 0.476. The van der Waals surface area contributed by atoms with Crippen LogP contribution < -0.4 is 10.5 Å². The highest BCUT2D eigenvalue weighted by molar-refractivity contribution is 14.1. The molecule has 0 spiro atoms. The third-order valence-corrected chi connectivity index (χ3v) is 3.30. The summed E-state index contributed by atoms with van der Waals surface area (Å²) in [5, 5.41) is 4.30. The molecule has 1 aromatic carbocycles. The topological polar surface area (TPSA) is 53.1 Å². The van der Waals surface area contributed by atoms with E-state index in [0.29, 0.717) is 11.4 Å². The number of aryl methyl sites for hydroxylation is 2. The van der Waals surface area contributed by atoms with Crippen molar-refractivity contribution in [1.82, 2.24) is 9.78 Å². The number of halogens is 1. The van der Waals surface area contributed by atoms with Crippen LogP contribution in [-0.2, 0) is 7.05 Å². The lowest BCUT2D eigenvalue weighted by atomic mass is 10.3. The van der Waals surface area contributed by atoms with Crippen LogP contribution in [0.15, 0.2) is 18.2 Å². The molecule has 0 amide bonds. The van der Waals surface area contributed by atoms with E-state index in [1.807, 2.05) is 39.1 Å². The van der Waals surface area contributed by atoms with E-state index >= 15 is 0 Å². The quantitative estimate of drug-likeness (QED) is 0.674. The van der Waals surface area contributed by atoms with E-state index in [2.05, 4.69) is 27.7 Å². The molecule has 90 valence electrons. The van der Waals surface area contributed by atoms with Crippen LogP contribution in [0.25, 0.3) is 0 Å². The highest BCUT2D eigenvalue weighted by Crippen LogP contribution is 2.32. The van der Waals surface area contributed by atoms with Gasteiger partial charge in [-0.1, -0.05) is 0 Å². The number of hydrogen-bond acceptors (Lipinski definition) is 3. The van der Waals surface area contributed by atoms with Crippen LogP contribution in [0.3, 0.4) is 0 Å². The molecule has 1 aromatic heterocycles. The van der Waals surface area contributed by atoms with Gasteiger partial charge in [0.25, 0.3) is 0 Å². The number of anilines is 1. The van der Waals surface area contributed by atoms with Gasteiger partial charge in [-0.3, -0.25) is 4.68 Å². The first kappa shape index (κ1) is 12.2. The summed E-state index contributed by atoms with van der Waals surface area (Å²) >= 11 is 2.22. The molecule has 2 aromatic rings. The van der Waals surface area contributed by atoms with Crippen LogP contribution >= 0.6 is 22.6 Å². The second kappa shape index (κ2) is 4.56. The molecule has 17 heavy (non-hydrogen) atoms. The number of benzene rings is 1. The van der Waals surface area contributed by atoms with Crippen molar-refractivity contribution in [2.75, 3.05) is 5.73 Å². The molecule has 0 unspecified atom stereocenters. The maximum absolute atomic E-state index is 5.92. The number of nitrogen functional groups attached to an aromatic ring is 1. The molecule has 0 saturated heterocycles. The average molecular weight is 343 g/mol.